The predicted octanol–water partition coefficient (Wildman–Crippen LogP) is 3.17. The second-order valence-corrected chi connectivity index (χ2v) is 5.61. The molecule has 22 heavy (non-hydrogen) atoms. The second-order valence-electron chi connectivity index (χ2n) is 5.20. The summed E-state index contributed by atoms with van der Waals surface area (Å²) < 4.78 is 12.2. The Morgan fingerprint density at radius 1 is 1.50 bits per heavy atom. The Hall–Kier alpha value is -1.85. The summed E-state index contributed by atoms with van der Waals surface area (Å²) in [5.41, 5.74) is 1.90. The van der Waals surface area contributed by atoms with E-state index in [1.807, 2.05) is 24.3 Å². The van der Waals surface area contributed by atoms with Gasteiger partial charge in [0, 0.05) is 17.2 Å². The number of esters is 1. The van der Waals surface area contributed by atoms with Gasteiger partial charge in [-0.2, -0.15) is 5.10 Å². The molecule has 0 aliphatic carbocycles. The van der Waals surface area contributed by atoms with Gasteiger partial charge in [0.15, 0.2) is 5.69 Å². The maximum atomic E-state index is 11.8. The Morgan fingerprint density at radius 3 is 3.00 bits per heavy atom. The fourth-order valence-electron chi connectivity index (χ4n) is 2.63. The lowest BCUT2D eigenvalue weighted by Gasteiger charge is -2.13. The van der Waals surface area contributed by atoms with Gasteiger partial charge in [0.25, 0.3) is 0 Å². The van der Waals surface area contributed by atoms with Gasteiger partial charge in [-0.3, -0.25) is 4.68 Å². The molecule has 1 aliphatic rings. The fourth-order valence-corrected chi connectivity index (χ4v) is 2.86. The van der Waals surface area contributed by atoms with Gasteiger partial charge in [0.05, 0.1) is 25.5 Å². The number of aromatic nitrogens is 2. The number of halogens is 1. The predicted molar refractivity (Wildman–Crippen MR) is 83.0 cm³/mol. The largest absolute Gasteiger partial charge is 0.464 e. The summed E-state index contributed by atoms with van der Waals surface area (Å²) in [6.45, 7) is 1.37. The Balaban J connectivity index is 2.00. The highest BCUT2D eigenvalue weighted by Crippen LogP contribution is 2.29. The van der Waals surface area contributed by atoms with Crippen molar-refractivity contribution in [2.75, 3.05) is 13.7 Å². The molecule has 2 heterocycles. The lowest BCUT2D eigenvalue weighted by atomic mass is 10.1. The molecule has 1 fully saturated rings. The van der Waals surface area contributed by atoms with Crippen molar-refractivity contribution in [3.05, 3.63) is 41.0 Å². The molecule has 3 rings (SSSR count). The number of hydrogen-bond donors (Lipinski definition) is 0. The van der Waals surface area contributed by atoms with E-state index in [0.29, 0.717) is 11.6 Å². The van der Waals surface area contributed by atoms with Gasteiger partial charge in [0.1, 0.15) is 0 Å². The molecule has 1 unspecified atom stereocenters. The molecule has 0 bridgehead atoms. The summed E-state index contributed by atoms with van der Waals surface area (Å²) in [5, 5.41) is 4.98. The summed E-state index contributed by atoms with van der Waals surface area (Å²) >= 11 is 6.28. The van der Waals surface area contributed by atoms with Gasteiger partial charge in [-0.05, 0) is 25.0 Å². The summed E-state index contributed by atoms with van der Waals surface area (Å²) in [5.74, 6) is -0.459. The zero-order valence-electron chi connectivity index (χ0n) is 12.3. The second kappa shape index (κ2) is 6.50. The van der Waals surface area contributed by atoms with Crippen LogP contribution >= 0.6 is 11.6 Å². The number of methoxy groups -OCH3 is 1. The van der Waals surface area contributed by atoms with Gasteiger partial charge in [-0.1, -0.05) is 29.8 Å². The standard InChI is InChI=1S/C16H17ClN2O3/c1-21-16(20)14-9-15(12-6-2-3-7-13(12)17)19(18-14)10-11-5-4-8-22-11/h2-3,6-7,9,11H,4-5,8,10H2,1H3. The van der Waals surface area contributed by atoms with Gasteiger partial charge in [-0.15, -0.1) is 0 Å². The highest BCUT2D eigenvalue weighted by atomic mass is 35.5. The molecule has 1 saturated heterocycles. The fraction of sp³-hybridized carbons (Fsp3) is 0.375. The van der Waals surface area contributed by atoms with Crippen molar-refractivity contribution < 1.29 is 14.3 Å². The molecular weight excluding hydrogens is 304 g/mol. The highest BCUT2D eigenvalue weighted by Gasteiger charge is 2.22. The van der Waals surface area contributed by atoms with Crippen LogP contribution < -0.4 is 0 Å². The maximum absolute atomic E-state index is 11.8. The number of hydrogen-bond acceptors (Lipinski definition) is 4. The highest BCUT2D eigenvalue weighted by molar-refractivity contribution is 6.33. The van der Waals surface area contributed by atoms with E-state index in [0.717, 1.165) is 30.7 Å². The molecule has 6 heteroatoms. The molecule has 0 amide bonds. The Morgan fingerprint density at radius 2 is 2.32 bits per heavy atom. The van der Waals surface area contributed by atoms with Crippen molar-refractivity contribution in [1.82, 2.24) is 9.78 Å². The van der Waals surface area contributed by atoms with E-state index >= 15 is 0 Å². The molecule has 1 aromatic heterocycles. The third-order valence-electron chi connectivity index (χ3n) is 3.72. The quantitative estimate of drug-likeness (QED) is 0.812. The maximum Gasteiger partial charge on any atom is 0.358 e. The molecule has 5 nitrogen and oxygen atoms in total. The van der Waals surface area contributed by atoms with Crippen LogP contribution in [0.15, 0.2) is 30.3 Å². The lowest BCUT2D eigenvalue weighted by molar-refractivity contribution is 0.0590. The molecule has 1 aliphatic heterocycles. The number of benzene rings is 1. The topological polar surface area (TPSA) is 53.4 Å². The number of rotatable bonds is 4. The van der Waals surface area contributed by atoms with Crippen LogP contribution in [0.25, 0.3) is 11.3 Å². The summed E-state index contributed by atoms with van der Waals surface area (Å²) in [6.07, 6.45) is 2.17. The first kappa shape index (κ1) is 15.1. The first-order valence-corrected chi connectivity index (χ1v) is 7.59. The van der Waals surface area contributed by atoms with Crippen molar-refractivity contribution in [3.63, 3.8) is 0 Å². The minimum atomic E-state index is -0.459. The number of carbonyl (C=O) groups excluding carboxylic acids is 1. The molecule has 0 N–H and O–H groups in total. The average Bonchev–Trinajstić information content (AvgIpc) is 3.17. The van der Waals surface area contributed by atoms with Crippen molar-refractivity contribution in [1.29, 1.82) is 0 Å². The first-order valence-electron chi connectivity index (χ1n) is 7.21. The van der Waals surface area contributed by atoms with Gasteiger partial charge in [0.2, 0.25) is 0 Å². The number of nitrogens with zero attached hydrogens (tertiary/aromatic N) is 2. The van der Waals surface area contributed by atoms with Gasteiger partial charge >= 0.3 is 5.97 Å². The summed E-state index contributed by atoms with van der Waals surface area (Å²) in [4.78, 5) is 11.8. The minimum absolute atomic E-state index is 0.117. The van der Waals surface area contributed by atoms with Gasteiger partial charge in [-0.25, -0.2) is 4.79 Å². The molecule has 0 radical (unpaired) electrons. The summed E-state index contributed by atoms with van der Waals surface area (Å²) in [6, 6.07) is 9.21. The third kappa shape index (κ3) is 3.00. The number of carbonyl (C=O) groups is 1. The molecule has 0 spiro atoms. The van der Waals surface area contributed by atoms with E-state index in [2.05, 4.69) is 5.10 Å². The van der Waals surface area contributed by atoms with Crippen molar-refractivity contribution >= 4 is 17.6 Å². The van der Waals surface area contributed by atoms with Crippen molar-refractivity contribution in [2.24, 2.45) is 0 Å². The van der Waals surface area contributed by atoms with Crippen LogP contribution in [0, 0.1) is 0 Å². The molecular formula is C16H17ClN2O3. The van der Waals surface area contributed by atoms with Crippen LogP contribution in [0.2, 0.25) is 5.02 Å². The van der Waals surface area contributed by atoms with E-state index < -0.39 is 5.97 Å². The SMILES string of the molecule is COC(=O)c1cc(-c2ccccc2Cl)n(CC2CCCO2)n1. The van der Waals surface area contributed by atoms with E-state index in [4.69, 9.17) is 21.1 Å². The number of ether oxygens (including phenoxy) is 2. The minimum Gasteiger partial charge on any atom is -0.464 e. The van der Waals surface area contributed by atoms with Crippen molar-refractivity contribution in [3.8, 4) is 11.3 Å². The van der Waals surface area contributed by atoms with E-state index in [-0.39, 0.29) is 11.8 Å². The molecule has 116 valence electrons. The molecule has 2 aromatic rings. The zero-order chi connectivity index (χ0) is 15.5. The van der Waals surface area contributed by atoms with Crippen LogP contribution in [0.4, 0.5) is 0 Å². The average molecular weight is 321 g/mol. The van der Waals surface area contributed by atoms with Gasteiger partial charge < -0.3 is 9.47 Å². The monoisotopic (exact) mass is 320 g/mol. The Labute approximate surface area is 133 Å². The van der Waals surface area contributed by atoms with Crippen LogP contribution in [0.3, 0.4) is 0 Å². The van der Waals surface area contributed by atoms with E-state index in [9.17, 15) is 4.79 Å². The van der Waals surface area contributed by atoms with E-state index in [1.165, 1.54) is 7.11 Å². The third-order valence-corrected chi connectivity index (χ3v) is 4.05. The first-order chi connectivity index (χ1) is 10.7. The molecule has 1 atom stereocenters. The van der Waals surface area contributed by atoms with Crippen LogP contribution in [-0.4, -0.2) is 35.6 Å². The Kier molecular flexibility index (Phi) is 4.45. The van der Waals surface area contributed by atoms with Crippen molar-refractivity contribution in [2.45, 2.75) is 25.5 Å². The van der Waals surface area contributed by atoms with Crippen LogP contribution in [0.1, 0.15) is 23.3 Å². The zero-order valence-corrected chi connectivity index (χ0v) is 13.0. The van der Waals surface area contributed by atoms with Crippen LogP contribution in [0.5, 0.6) is 0 Å². The summed E-state index contributed by atoms with van der Waals surface area (Å²) in [7, 11) is 1.34. The Bertz CT molecular complexity index is 678. The van der Waals surface area contributed by atoms with E-state index in [1.54, 1.807) is 10.7 Å². The smallest absolute Gasteiger partial charge is 0.358 e. The normalized spacial score (nSPS) is 17.6. The molecule has 0 saturated carbocycles. The molecule has 1 aromatic carbocycles. The lowest BCUT2D eigenvalue weighted by Crippen LogP contribution is -2.17. The van der Waals surface area contributed by atoms with Crippen LogP contribution in [-0.2, 0) is 16.0 Å².